The number of fused-ring (bicyclic) bond motifs is 7. The van der Waals surface area contributed by atoms with Crippen molar-refractivity contribution in [2.45, 2.75) is 123 Å². The number of carbonyl (C=O) groups excluding carboxylic acids is 4. The van der Waals surface area contributed by atoms with E-state index in [2.05, 4.69) is 22.3 Å². The van der Waals surface area contributed by atoms with Gasteiger partial charge < -0.3 is 39.4 Å². The number of piperidine rings is 1. The minimum atomic E-state index is -0.756. The Hall–Kier alpha value is -6.81. The maximum absolute atomic E-state index is 15.4. The summed E-state index contributed by atoms with van der Waals surface area (Å²) >= 11 is 0. The van der Waals surface area contributed by atoms with E-state index in [1.54, 1.807) is 22.5 Å². The molecular weight excluding hydrogens is 872 g/mol. The Morgan fingerprint density at radius 2 is 1.74 bits per heavy atom. The second-order valence-electron chi connectivity index (χ2n) is 19.5. The van der Waals surface area contributed by atoms with Gasteiger partial charge in [-0.3, -0.25) is 24.1 Å². The van der Waals surface area contributed by atoms with Crippen molar-refractivity contribution in [3.63, 3.8) is 0 Å². The van der Waals surface area contributed by atoms with Crippen LogP contribution in [-0.2, 0) is 58.3 Å². The zero-order valence-corrected chi connectivity index (χ0v) is 38.9. The lowest BCUT2D eigenvalue weighted by atomic mass is 9.82. The summed E-state index contributed by atoms with van der Waals surface area (Å²) in [7, 11) is 0. The Labute approximate surface area is 392 Å². The number of aryl methyl sites for hydroxylation is 1. The minimum Gasteiger partial charge on any atom is -0.508 e. The third-order valence-corrected chi connectivity index (χ3v) is 15.1. The van der Waals surface area contributed by atoms with Gasteiger partial charge in [0.25, 0.3) is 23.8 Å². The lowest BCUT2D eigenvalue weighted by Gasteiger charge is -2.56. The summed E-state index contributed by atoms with van der Waals surface area (Å²) in [6.45, 7) is 12.3. The van der Waals surface area contributed by atoms with Crippen molar-refractivity contribution in [2.75, 3.05) is 19.7 Å². The Balaban J connectivity index is 0.790. The molecule has 7 heterocycles. The molecule has 3 saturated heterocycles. The van der Waals surface area contributed by atoms with Crippen molar-refractivity contribution in [2.24, 2.45) is 0 Å². The second-order valence-corrected chi connectivity index (χ2v) is 19.5. The van der Waals surface area contributed by atoms with Crippen LogP contribution in [0.4, 0.5) is 9.18 Å². The summed E-state index contributed by atoms with van der Waals surface area (Å²) < 4.78 is 27.7. The summed E-state index contributed by atoms with van der Waals surface area (Å²) in [5.74, 6) is -1.27. The van der Waals surface area contributed by atoms with E-state index in [1.807, 2.05) is 44.7 Å². The molecule has 16 heteroatoms. The van der Waals surface area contributed by atoms with Crippen molar-refractivity contribution in [1.29, 1.82) is 0 Å². The maximum atomic E-state index is 15.4. The number of hydrogen-bond acceptors (Lipinski definition) is 11. The first kappa shape index (κ1) is 45.0. The molecule has 3 fully saturated rings. The highest BCUT2D eigenvalue weighted by Gasteiger charge is 2.47. The normalized spacial score (nSPS) is 19.3. The number of amides is 3. The van der Waals surface area contributed by atoms with Gasteiger partial charge >= 0.3 is 6.09 Å². The fraction of sp³-hybridized carbons (Fsp3) is 0.423. The molecule has 68 heavy (non-hydrogen) atoms. The molecule has 4 unspecified atom stereocenters. The van der Waals surface area contributed by atoms with Crippen LogP contribution in [0.1, 0.15) is 131 Å². The summed E-state index contributed by atoms with van der Waals surface area (Å²) in [4.78, 5) is 76.9. The number of phenols is 2. The van der Waals surface area contributed by atoms with Crippen molar-refractivity contribution in [3.05, 3.63) is 120 Å². The standard InChI is InChI=1S/C52H55FN6O9/c1-6-27(4)36-14-43-49-38(22-58(43)51(65)39(36)23-67-25-60)48-41(10-9-34-28(5)40(53)15-42(54-49)47(34)48)55-52(66)68-24-46(63)59-32-12-33(59)21-56(20-32)17-29-7-8-30-18-57(19-31(30)11-29)50(64)37-13-35(26(2)3)44(61)16-45(37)62/h7-8,11,13-16,25-27,32-33,41,61-62H,6,9-10,12,17-24H2,1-5H3,(H,55,66). The van der Waals surface area contributed by atoms with E-state index in [0.29, 0.717) is 85.6 Å². The monoisotopic (exact) mass is 926 g/mol. The number of nitrogens with zero attached hydrogens (tertiary/aromatic N) is 5. The number of aromatic hydroxyl groups is 2. The number of alkyl carbamates (subject to hydrolysis) is 1. The zero-order valence-electron chi connectivity index (χ0n) is 38.9. The Kier molecular flexibility index (Phi) is 11.5. The van der Waals surface area contributed by atoms with E-state index in [9.17, 15) is 34.2 Å². The van der Waals surface area contributed by atoms with Crippen LogP contribution in [0.2, 0.25) is 0 Å². The molecule has 2 aromatic heterocycles. The molecule has 3 aromatic carbocycles. The first-order chi connectivity index (χ1) is 32.6. The van der Waals surface area contributed by atoms with E-state index in [1.165, 1.54) is 12.1 Å². The molecule has 354 valence electrons. The van der Waals surface area contributed by atoms with Gasteiger partial charge in [-0.15, -0.1) is 0 Å². The second kappa shape index (κ2) is 17.4. The highest BCUT2D eigenvalue weighted by molar-refractivity contribution is 5.98. The number of aromatic nitrogens is 2. The van der Waals surface area contributed by atoms with E-state index < -0.39 is 18.7 Å². The Morgan fingerprint density at radius 1 is 0.971 bits per heavy atom. The molecule has 1 aliphatic carbocycles. The molecule has 4 atom stereocenters. The smallest absolute Gasteiger partial charge is 0.408 e. The van der Waals surface area contributed by atoms with Gasteiger partial charge in [0.1, 0.15) is 23.9 Å². The van der Waals surface area contributed by atoms with Crippen LogP contribution in [0.25, 0.3) is 22.3 Å². The average Bonchev–Trinajstić information content (AvgIpc) is 3.91. The quantitative estimate of drug-likeness (QED) is 0.108. The number of piperazine rings is 1. The molecule has 5 aliphatic heterocycles. The van der Waals surface area contributed by atoms with E-state index >= 15 is 4.39 Å². The molecule has 15 nitrogen and oxygen atoms in total. The summed E-state index contributed by atoms with van der Waals surface area (Å²) in [5.41, 5.74) is 9.13. The summed E-state index contributed by atoms with van der Waals surface area (Å²) in [6.07, 6.45) is 1.75. The average molecular weight is 927 g/mol. The molecule has 0 spiro atoms. The fourth-order valence-electron chi connectivity index (χ4n) is 11.4. The lowest BCUT2D eigenvalue weighted by molar-refractivity contribution is -0.157. The van der Waals surface area contributed by atoms with Gasteiger partial charge in [0.05, 0.1) is 40.6 Å². The van der Waals surface area contributed by atoms with Crippen LogP contribution in [0.15, 0.2) is 47.3 Å². The summed E-state index contributed by atoms with van der Waals surface area (Å²) in [6, 6.07) is 11.8. The molecule has 0 saturated carbocycles. The predicted octanol–water partition coefficient (Wildman–Crippen LogP) is 6.95. The van der Waals surface area contributed by atoms with Gasteiger partial charge in [-0.25, -0.2) is 14.2 Å². The van der Waals surface area contributed by atoms with Gasteiger partial charge in [0.15, 0.2) is 6.61 Å². The fourth-order valence-corrected chi connectivity index (χ4v) is 11.4. The Morgan fingerprint density at radius 3 is 2.47 bits per heavy atom. The molecule has 0 radical (unpaired) electrons. The van der Waals surface area contributed by atoms with Crippen LogP contribution in [0.5, 0.6) is 11.5 Å². The summed E-state index contributed by atoms with van der Waals surface area (Å²) in [5, 5.41) is 24.6. The molecule has 6 aliphatic rings. The number of carbonyl (C=O) groups is 4. The third-order valence-electron chi connectivity index (χ3n) is 15.1. The van der Waals surface area contributed by atoms with Crippen LogP contribution >= 0.6 is 0 Å². The molecule has 2 bridgehead atoms. The maximum Gasteiger partial charge on any atom is 0.408 e. The van der Waals surface area contributed by atoms with E-state index in [-0.39, 0.29) is 77.3 Å². The van der Waals surface area contributed by atoms with Gasteiger partial charge in [0, 0.05) is 67.9 Å². The number of hydrogen-bond donors (Lipinski definition) is 3. The number of rotatable bonds is 12. The van der Waals surface area contributed by atoms with E-state index in [0.717, 1.165) is 57.2 Å². The van der Waals surface area contributed by atoms with Crippen molar-refractivity contribution in [1.82, 2.24) is 29.6 Å². The SMILES string of the molecule is CCC(C)c1cc2n(c(=O)c1COC=O)Cc1c-2nc2cc(F)c(C)c3c2c1C(NC(=O)OCC(=O)N1C2CC1CN(Cc1ccc4c(c1)CN(C(=O)c1cc(C(C)C)c(O)cc1O)C4)C2)CC3. The van der Waals surface area contributed by atoms with Crippen LogP contribution in [0.3, 0.4) is 0 Å². The molecule has 5 aromatic rings. The van der Waals surface area contributed by atoms with Crippen molar-refractivity contribution in [3.8, 4) is 22.9 Å². The number of nitrogens with one attached hydrogen (secondary N) is 1. The first-order valence-electron chi connectivity index (χ1n) is 23.5. The number of halogens is 1. The number of pyridine rings is 2. The van der Waals surface area contributed by atoms with Crippen LogP contribution in [-0.4, -0.2) is 90.6 Å². The number of benzene rings is 3. The van der Waals surface area contributed by atoms with Crippen LogP contribution in [0, 0.1) is 12.7 Å². The van der Waals surface area contributed by atoms with Crippen LogP contribution < -0.4 is 10.9 Å². The van der Waals surface area contributed by atoms with Gasteiger partial charge in [-0.2, -0.15) is 0 Å². The molecule has 3 amide bonds. The molecule has 11 rings (SSSR count). The first-order valence-corrected chi connectivity index (χ1v) is 23.5. The topological polar surface area (TPSA) is 184 Å². The minimum absolute atomic E-state index is 0.0188. The predicted molar refractivity (Wildman–Crippen MR) is 249 cm³/mol. The zero-order chi connectivity index (χ0) is 47.9. The van der Waals surface area contributed by atoms with Crippen molar-refractivity contribution < 1.29 is 43.3 Å². The number of phenolic OH excluding ortho intramolecular Hbond substituents is 2. The molecular formula is C52H55FN6O9. The van der Waals surface area contributed by atoms with Gasteiger partial charge in [0.2, 0.25) is 0 Å². The highest BCUT2D eigenvalue weighted by Crippen LogP contribution is 2.45. The Bertz CT molecular complexity index is 3010. The third kappa shape index (κ3) is 7.62. The highest BCUT2D eigenvalue weighted by atomic mass is 19.1. The number of ether oxygens (including phenoxy) is 2. The largest absolute Gasteiger partial charge is 0.508 e. The van der Waals surface area contributed by atoms with E-state index in [4.69, 9.17) is 14.5 Å². The van der Waals surface area contributed by atoms with Gasteiger partial charge in [-0.1, -0.05) is 45.9 Å². The molecule has 3 N–H and O–H groups in total. The van der Waals surface area contributed by atoms with Crippen molar-refractivity contribution >= 4 is 35.3 Å². The lowest BCUT2D eigenvalue weighted by Crippen LogP contribution is -2.70. The van der Waals surface area contributed by atoms with Gasteiger partial charge in [-0.05, 0) is 101 Å².